The molecule has 0 fully saturated rings. The van der Waals surface area contributed by atoms with E-state index in [1.165, 1.54) is 16.8 Å². The van der Waals surface area contributed by atoms with E-state index in [0.29, 0.717) is 10.9 Å². The quantitative estimate of drug-likeness (QED) is 0.294. The number of carbonyl (C=O) groups is 1. The third-order valence-corrected chi connectivity index (χ3v) is 5.33. The number of para-hydroxylation sites is 1. The van der Waals surface area contributed by atoms with Crippen molar-refractivity contribution >= 4 is 50.1 Å². The smallest absolute Gasteiger partial charge is 0.234 e. The van der Waals surface area contributed by atoms with E-state index in [9.17, 15) is 4.79 Å². The Morgan fingerprint density at radius 2 is 1.85 bits per heavy atom. The minimum absolute atomic E-state index is 0.134. The van der Waals surface area contributed by atoms with Gasteiger partial charge in [-0.1, -0.05) is 41.6 Å². The second-order valence-electron chi connectivity index (χ2n) is 5.85. The normalized spacial score (nSPS) is 11.3. The molecule has 0 radical (unpaired) electrons. The maximum absolute atomic E-state index is 12.2. The molecule has 8 heteroatoms. The Balaban J connectivity index is 2.06. The van der Waals surface area contributed by atoms with E-state index in [1.807, 2.05) is 57.2 Å². The zero-order chi connectivity index (χ0) is 19.3. The Hall–Kier alpha value is -2.03. The third-order valence-electron chi connectivity index (χ3n) is 3.67. The summed E-state index contributed by atoms with van der Waals surface area (Å²) in [6.45, 7) is 5.99. The molecule has 0 saturated carbocycles. The number of benzene rings is 2. The van der Waals surface area contributed by atoms with Crippen LogP contribution in [0.15, 0.2) is 46.0 Å². The Kier molecular flexibility index (Phi) is 7.07. The van der Waals surface area contributed by atoms with Crippen LogP contribution in [0.3, 0.4) is 0 Å². The highest BCUT2D eigenvalue weighted by Gasteiger charge is 2.17. The highest BCUT2D eigenvalue weighted by atomic mass is 79.9. The average molecular weight is 436 g/mol. The maximum Gasteiger partial charge on any atom is 0.234 e. The average Bonchev–Trinajstić information content (AvgIpc) is 2.56. The summed E-state index contributed by atoms with van der Waals surface area (Å²) in [6.07, 6.45) is 0. The molecule has 0 aromatic heterocycles. The number of hydrazone groups is 1. The molecule has 5 N–H and O–H groups in total. The number of aryl methyl sites for hydroxylation is 3. The van der Waals surface area contributed by atoms with Crippen LogP contribution in [0, 0.1) is 20.8 Å². The van der Waals surface area contributed by atoms with Crippen LogP contribution in [-0.4, -0.2) is 16.8 Å². The van der Waals surface area contributed by atoms with Crippen LogP contribution < -0.4 is 22.0 Å². The fourth-order valence-electron chi connectivity index (χ4n) is 2.70. The summed E-state index contributed by atoms with van der Waals surface area (Å²) < 4.78 is 0.817. The minimum Gasteiger partial charge on any atom is -0.324 e. The highest BCUT2D eigenvalue weighted by molar-refractivity contribution is 9.10. The van der Waals surface area contributed by atoms with Crippen LogP contribution in [0.1, 0.15) is 16.7 Å². The Labute approximate surface area is 166 Å². The van der Waals surface area contributed by atoms with Gasteiger partial charge in [-0.15, -0.1) is 0 Å². The predicted molar refractivity (Wildman–Crippen MR) is 114 cm³/mol. The summed E-state index contributed by atoms with van der Waals surface area (Å²) in [4.78, 5) is 12.2. The van der Waals surface area contributed by atoms with Crippen LogP contribution in [0.2, 0.25) is 0 Å². The van der Waals surface area contributed by atoms with Crippen molar-refractivity contribution in [1.82, 2.24) is 0 Å². The van der Waals surface area contributed by atoms with E-state index < -0.39 is 0 Å². The van der Waals surface area contributed by atoms with Crippen molar-refractivity contribution in [3.05, 3.63) is 57.6 Å². The van der Waals surface area contributed by atoms with Crippen LogP contribution in [-0.2, 0) is 4.79 Å². The number of amides is 1. The number of hydrazine groups is 1. The third kappa shape index (κ3) is 5.00. The lowest BCUT2D eigenvalue weighted by atomic mass is 10.1. The Bertz CT molecular complexity index is 817. The second kappa shape index (κ2) is 9.07. The number of carbonyl (C=O) groups excluding carboxylic acids is 1. The van der Waals surface area contributed by atoms with Gasteiger partial charge in [0.05, 0.1) is 17.1 Å². The molecule has 2 rings (SSSR count). The minimum atomic E-state index is -0.172. The molecule has 0 heterocycles. The number of rotatable bonds is 4. The van der Waals surface area contributed by atoms with Crippen molar-refractivity contribution in [3.8, 4) is 0 Å². The van der Waals surface area contributed by atoms with Gasteiger partial charge < -0.3 is 11.2 Å². The molecule has 6 nitrogen and oxygen atoms in total. The van der Waals surface area contributed by atoms with Gasteiger partial charge in [0.25, 0.3) is 0 Å². The number of nitrogens with zero attached hydrogens (tertiary/aromatic N) is 2. The number of halogens is 1. The number of amidine groups is 1. The van der Waals surface area contributed by atoms with Crippen molar-refractivity contribution < 1.29 is 4.79 Å². The van der Waals surface area contributed by atoms with Gasteiger partial charge in [-0.3, -0.25) is 9.80 Å². The van der Waals surface area contributed by atoms with Gasteiger partial charge in [0.15, 0.2) is 0 Å². The SMILES string of the molecule is Cc1cc(C)c(N(N)/C(=N\N)SCC(=O)Nc2ccccc2Br)c(C)c1. The molecule has 1 amide bonds. The van der Waals surface area contributed by atoms with Crippen LogP contribution in [0.25, 0.3) is 0 Å². The molecule has 0 aliphatic rings. The largest absolute Gasteiger partial charge is 0.324 e. The number of hydrogen-bond acceptors (Lipinski definition) is 5. The fourth-order valence-corrected chi connectivity index (χ4v) is 3.72. The van der Waals surface area contributed by atoms with Crippen LogP contribution in [0.5, 0.6) is 0 Å². The lowest BCUT2D eigenvalue weighted by Crippen LogP contribution is -2.38. The first-order valence-corrected chi connectivity index (χ1v) is 9.69. The molecule has 0 saturated heterocycles. The topological polar surface area (TPSA) is 96.7 Å². The van der Waals surface area contributed by atoms with Gasteiger partial charge in [-0.05, 0) is 60.0 Å². The van der Waals surface area contributed by atoms with Gasteiger partial charge in [0, 0.05) is 4.47 Å². The van der Waals surface area contributed by atoms with Gasteiger partial charge >= 0.3 is 0 Å². The van der Waals surface area contributed by atoms with E-state index >= 15 is 0 Å². The molecule has 138 valence electrons. The highest BCUT2D eigenvalue weighted by Crippen LogP contribution is 2.27. The number of anilines is 2. The molecule has 26 heavy (non-hydrogen) atoms. The fraction of sp³-hybridized carbons (Fsp3) is 0.222. The molecular weight excluding hydrogens is 414 g/mol. The predicted octanol–water partition coefficient (Wildman–Crippen LogP) is 3.66. The molecule has 0 bridgehead atoms. The number of nitrogens with one attached hydrogen (secondary N) is 1. The monoisotopic (exact) mass is 435 g/mol. The van der Waals surface area contributed by atoms with Crippen molar-refractivity contribution in [3.63, 3.8) is 0 Å². The number of thioether (sulfide) groups is 1. The molecule has 0 spiro atoms. The van der Waals surface area contributed by atoms with Crippen molar-refractivity contribution in [2.45, 2.75) is 20.8 Å². The van der Waals surface area contributed by atoms with E-state index in [2.05, 4.69) is 26.3 Å². The first-order chi connectivity index (χ1) is 12.3. The summed E-state index contributed by atoms with van der Waals surface area (Å²) in [5, 5.41) is 8.39. The number of hydrogen-bond donors (Lipinski definition) is 3. The Morgan fingerprint density at radius 1 is 1.23 bits per heavy atom. The summed E-state index contributed by atoms with van der Waals surface area (Å²) in [5.74, 6) is 11.7. The van der Waals surface area contributed by atoms with E-state index in [-0.39, 0.29) is 11.7 Å². The maximum atomic E-state index is 12.2. The first kappa shape index (κ1) is 20.3. The molecule has 0 aliphatic heterocycles. The molecule has 0 unspecified atom stereocenters. The summed E-state index contributed by atoms with van der Waals surface area (Å²) in [6, 6.07) is 11.5. The van der Waals surface area contributed by atoms with E-state index in [0.717, 1.165) is 26.9 Å². The zero-order valence-corrected chi connectivity index (χ0v) is 17.3. The lowest BCUT2D eigenvalue weighted by molar-refractivity contribution is -0.113. The van der Waals surface area contributed by atoms with Crippen LogP contribution in [0.4, 0.5) is 11.4 Å². The Morgan fingerprint density at radius 3 is 2.42 bits per heavy atom. The zero-order valence-electron chi connectivity index (χ0n) is 14.9. The van der Waals surface area contributed by atoms with Crippen LogP contribution >= 0.6 is 27.7 Å². The van der Waals surface area contributed by atoms with Crippen molar-refractivity contribution in [1.29, 1.82) is 0 Å². The first-order valence-electron chi connectivity index (χ1n) is 7.91. The van der Waals surface area contributed by atoms with Gasteiger partial charge in [-0.25, -0.2) is 5.84 Å². The van der Waals surface area contributed by atoms with Gasteiger partial charge in [-0.2, -0.15) is 5.10 Å². The van der Waals surface area contributed by atoms with Gasteiger partial charge in [0.2, 0.25) is 11.1 Å². The van der Waals surface area contributed by atoms with E-state index in [4.69, 9.17) is 11.7 Å². The lowest BCUT2D eigenvalue weighted by Gasteiger charge is -2.23. The summed E-state index contributed by atoms with van der Waals surface area (Å²) >= 11 is 4.58. The molecule has 0 aliphatic carbocycles. The van der Waals surface area contributed by atoms with E-state index in [1.54, 1.807) is 0 Å². The molecule has 2 aromatic carbocycles. The molecule has 0 atom stereocenters. The summed E-state index contributed by atoms with van der Waals surface area (Å²) in [5.41, 5.74) is 4.73. The standard InChI is InChI=1S/C18H22BrN5OS/c1-11-8-12(2)17(13(3)9-11)24(21)18(23-20)26-10-16(25)22-15-7-5-4-6-14(15)19/h4-9H,10,20-21H2,1-3H3,(H,22,25)/b23-18+. The summed E-state index contributed by atoms with van der Waals surface area (Å²) in [7, 11) is 0. The number of nitrogens with two attached hydrogens (primary N) is 2. The van der Waals surface area contributed by atoms with Gasteiger partial charge in [0.1, 0.15) is 0 Å². The van der Waals surface area contributed by atoms with Crippen molar-refractivity contribution in [2.75, 3.05) is 16.1 Å². The second-order valence-corrected chi connectivity index (χ2v) is 7.64. The van der Waals surface area contributed by atoms with Crippen molar-refractivity contribution in [2.24, 2.45) is 16.8 Å². The molecular formula is C18H22BrN5OS. The molecule has 2 aromatic rings.